The molecule has 0 spiro atoms. The van der Waals surface area contributed by atoms with Gasteiger partial charge in [-0.05, 0) is 0 Å². The molecule has 4 aliphatic heterocycles. The van der Waals surface area contributed by atoms with Crippen molar-refractivity contribution in [3.63, 3.8) is 0 Å². The smallest absolute Gasteiger partial charge is 0.222 e. The number of carbonyl (C=O) groups is 3. The van der Waals surface area contributed by atoms with Gasteiger partial charge in [0.1, 0.15) is 54.9 Å². The van der Waals surface area contributed by atoms with Gasteiger partial charge in [-0.2, -0.15) is 0 Å². The Balaban J connectivity index is 1.46. The van der Waals surface area contributed by atoms with E-state index in [0.29, 0.717) is 0 Å². The quantitative estimate of drug-likeness (QED) is 0.145. The average molecular weight is 520 g/mol. The third kappa shape index (κ3) is 5.79. The van der Waals surface area contributed by atoms with Crippen LogP contribution in [0.3, 0.4) is 0 Å². The number of fused-ring (bicyclic) bond motifs is 6. The molecule has 36 heavy (non-hydrogen) atoms. The van der Waals surface area contributed by atoms with E-state index in [1.54, 1.807) is 0 Å². The van der Waals surface area contributed by atoms with Crippen LogP contribution in [-0.4, -0.2) is 141 Å². The molecular weight excluding hydrogens is 486 g/mol. The topological polar surface area (TPSA) is 236 Å². The van der Waals surface area contributed by atoms with Gasteiger partial charge in [-0.25, -0.2) is 0 Å². The summed E-state index contributed by atoms with van der Waals surface area (Å²) in [6.45, 7) is -0.579. The highest BCUT2D eigenvalue weighted by molar-refractivity contribution is 5.77. The third-order valence-electron chi connectivity index (χ3n) is 7.04. The lowest BCUT2D eigenvalue weighted by atomic mass is 10.0. The van der Waals surface area contributed by atoms with E-state index in [1.807, 2.05) is 0 Å². The molecule has 4 saturated heterocycles. The Hall–Kier alpha value is -1.95. The van der Waals surface area contributed by atoms with Crippen LogP contribution in [0.25, 0.3) is 0 Å². The second-order valence-corrected chi connectivity index (χ2v) is 9.61. The van der Waals surface area contributed by atoms with Crippen LogP contribution in [0.4, 0.5) is 0 Å². The minimum absolute atomic E-state index is 0.193. The first-order valence-electron chi connectivity index (χ1n) is 11.9. The molecule has 4 heterocycles. The molecule has 4 aliphatic rings. The first-order chi connectivity index (χ1) is 17.0. The highest BCUT2D eigenvalue weighted by atomic mass is 16.6. The second-order valence-electron chi connectivity index (χ2n) is 9.61. The standard InChI is InChI=1S/C21H33N3O12/c25-13-1-7-16(28)19(31)10(34-7)5-23-14(26)3-9-18(30)21(33)12(36-9)6-24-15(27)2-8-17(29)20(32)11(35-8)4-22-13/h7-12,16-21,28-33H,1-6H2,(H,22,25)(H,23,26)(H,24,27)/t7-,8-,9-,10+,11+,12+,16-,17-,18-,19+,20+,21+/m0/s1. The van der Waals surface area contributed by atoms with Crippen LogP contribution < -0.4 is 16.0 Å². The van der Waals surface area contributed by atoms with Crippen LogP contribution >= 0.6 is 0 Å². The summed E-state index contributed by atoms with van der Waals surface area (Å²) in [6.07, 6.45) is -15.5. The molecule has 4 rings (SSSR count). The summed E-state index contributed by atoms with van der Waals surface area (Å²) in [4.78, 5) is 37.1. The predicted octanol–water partition coefficient (Wildman–Crippen LogP) is -6.01. The molecule has 0 aromatic carbocycles. The third-order valence-corrected chi connectivity index (χ3v) is 7.04. The fraction of sp³-hybridized carbons (Fsp3) is 0.857. The van der Waals surface area contributed by atoms with Crippen LogP contribution in [0.2, 0.25) is 0 Å². The molecule has 12 atom stereocenters. The number of carbonyl (C=O) groups excluding carboxylic acids is 3. The SMILES string of the molecule is O=C1C[C@@H]2O[C@H](CNC(=O)C[C@@H]3O[C@H](CNC(=O)C[C@@H]4O[C@H](CN1)[C@@H](O)[C@H]4O)[C@@H](O)[C@H]3O)[C@@H](O)[C@H]2O. The maximum absolute atomic E-state index is 12.4. The number of hydrogen-bond donors (Lipinski definition) is 9. The normalized spacial score (nSPS) is 47.0. The van der Waals surface area contributed by atoms with Crippen LogP contribution in [0.5, 0.6) is 0 Å². The largest absolute Gasteiger partial charge is 0.388 e. The molecule has 0 aromatic heterocycles. The van der Waals surface area contributed by atoms with E-state index in [-0.39, 0.29) is 38.9 Å². The van der Waals surface area contributed by atoms with Crippen LogP contribution in [0.15, 0.2) is 0 Å². The van der Waals surface area contributed by atoms with E-state index in [1.165, 1.54) is 0 Å². The van der Waals surface area contributed by atoms with E-state index in [9.17, 15) is 45.0 Å². The van der Waals surface area contributed by atoms with E-state index in [2.05, 4.69) is 16.0 Å². The highest BCUT2D eigenvalue weighted by Gasteiger charge is 2.47. The number of amides is 3. The number of aliphatic hydroxyl groups is 6. The predicted molar refractivity (Wildman–Crippen MR) is 115 cm³/mol. The van der Waals surface area contributed by atoms with Gasteiger partial charge in [0, 0.05) is 19.6 Å². The van der Waals surface area contributed by atoms with Crippen molar-refractivity contribution >= 4 is 17.7 Å². The molecule has 0 aromatic rings. The number of ether oxygens (including phenoxy) is 3. The van der Waals surface area contributed by atoms with Crippen LogP contribution in [0, 0.1) is 0 Å². The Morgan fingerprint density at radius 3 is 0.917 bits per heavy atom. The monoisotopic (exact) mass is 519 g/mol. The lowest BCUT2D eigenvalue weighted by Crippen LogP contribution is -2.42. The Morgan fingerprint density at radius 1 is 0.444 bits per heavy atom. The lowest BCUT2D eigenvalue weighted by molar-refractivity contribution is -0.128. The van der Waals surface area contributed by atoms with Gasteiger partial charge in [-0.3, -0.25) is 14.4 Å². The average Bonchev–Trinajstić information content (AvgIpc) is 3.37. The zero-order valence-corrected chi connectivity index (χ0v) is 19.3. The van der Waals surface area contributed by atoms with Crippen molar-refractivity contribution in [2.45, 2.75) is 92.5 Å². The molecular formula is C21H33N3O12. The molecule has 0 saturated carbocycles. The fourth-order valence-electron chi connectivity index (χ4n) is 4.90. The summed E-state index contributed by atoms with van der Waals surface area (Å²) >= 11 is 0. The van der Waals surface area contributed by atoms with E-state index in [0.717, 1.165) is 0 Å². The van der Waals surface area contributed by atoms with Gasteiger partial charge in [-0.1, -0.05) is 0 Å². The van der Waals surface area contributed by atoms with Crippen LogP contribution in [0.1, 0.15) is 19.3 Å². The number of aliphatic hydroxyl groups excluding tert-OH is 6. The summed E-state index contributed by atoms with van der Waals surface area (Å²) in [7, 11) is 0. The number of nitrogens with one attached hydrogen (secondary N) is 3. The first kappa shape index (κ1) is 27.1. The molecule has 0 unspecified atom stereocenters. The molecule has 4 fully saturated rings. The Labute approximate surface area is 205 Å². The molecule has 15 nitrogen and oxygen atoms in total. The van der Waals surface area contributed by atoms with Crippen LogP contribution in [-0.2, 0) is 28.6 Å². The minimum Gasteiger partial charge on any atom is -0.388 e. The zero-order valence-electron chi connectivity index (χ0n) is 19.3. The molecule has 6 bridgehead atoms. The first-order valence-corrected chi connectivity index (χ1v) is 11.9. The lowest BCUT2D eigenvalue weighted by Gasteiger charge is -2.18. The molecule has 9 N–H and O–H groups in total. The molecule has 15 heteroatoms. The summed E-state index contributed by atoms with van der Waals surface area (Å²) in [5.74, 6) is -1.72. The summed E-state index contributed by atoms with van der Waals surface area (Å²) < 4.78 is 16.7. The number of hydrogen-bond acceptors (Lipinski definition) is 12. The number of rotatable bonds is 0. The van der Waals surface area contributed by atoms with Crippen molar-refractivity contribution in [1.82, 2.24) is 16.0 Å². The highest BCUT2D eigenvalue weighted by Crippen LogP contribution is 2.26. The van der Waals surface area contributed by atoms with Gasteiger partial charge < -0.3 is 60.8 Å². The van der Waals surface area contributed by atoms with Crippen molar-refractivity contribution in [3.8, 4) is 0 Å². The van der Waals surface area contributed by atoms with Gasteiger partial charge in [0.15, 0.2) is 0 Å². The van der Waals surface area contributed by atoms with E-state index < -0.39 is 91.0 Å². The summed E-state index contributed by atoms with van der Waals surface area (Å²) in [5, 5.41) is 69.1. The fourth-order valence-corrected chi connectivity index (χ4v) is 4.90. The van der Waals surface area contributed by atoms with Gasteiger partial charge in [-0.15, -0.1) is 0 Å². The second kappa shape index (κ2) is 11.2. The van der Waals surface area contributed by atoms with Crippen molar-refractivity contribution in [2.75, 3.05) is 19.6 Å². The Morgan fingerprint density at radius 2 is 0.667 bits per heavy atom. The zero-order chi connectivity index (χ0) is 26.1. The molecule has 3 amide bonds. The van der Waals surface area contributed by atoms with Crippen molar-refractivity contribution < 1.29 is 59.2 Å². The summed E-state index contributed by atoms with van der Waals surface area (Å²) in [5.41, 5.74) is 0. The van der Waals surface area contributed by atoms with Gasteiger partial charge >= 0.3 is 0 Å². The van der Waals surface area contributed by atoms with Crippen molar-refractivity contribution in [2.24, 2.45) is 0 Å². The van der Waals surface area contributed by atoms with Gasteiger partial charge in [0.05, 0.1) is 37.6 Å². The minimum atomic E-state index is -1.40. The van der Waals surface area contributed by atoms with Gasteiger partial charge in [0.25, 0.3) is 0 Å². The Kier molecular flexibility index (Phi) is 8.43. The van der Waals surface area contributed by atoms with Gasteiger partial charge in [0.2, 0.25) is 17.7 Å². The summed E-state index contributed by atoms with van der Waals surface area (Å²) in [6, 6.07) is 0. The maximum atomic E-state index is 12.4. The molecule has 0 aliphatic carbocycles. The maximum Gasteiger partial charge on any atom is 0.222 e. The molecule has 0 radical (unpaired) electrons. The van der Waals surface area contributed by atoms with E-state index in [4.69, 9.17) is 14.2 Å². The molecule has 204 valence electrons. The van der Waals surface area contributed by atoms with Crippen molar-refractivity contribution in [3.05, 3.63) is 0 Å². The van der Waals surface area contributed by atoms with Crippen molar-refractivity contribution in [1.29, 1.82) is 0 Å². The Bertz CT molecular complexity index is 727. The van der Waals surface area contributed by atoms with E-state index >= 15 is 0 Å².